The van der Waals surface area contributed by atoms with Crippen LogP contribution in [0.2, 0.25) is 5.02 Å². The number of carbonyl (C=O) groups is 1. The quantitative estimate of drug-likeness (QED) is 0.499. The predicted molar refractivity (Wildman–Crippen MR) is 121 cm³/mol. The van der Waals surface area contributed by atoms with Crippen molar-refractivity contribution in [2.75, 3.05) is 5.32 Å². The molecule has 0 unspecified atom stereocenters. The van der Waals surface area contributed by atoms with Crippen LogP contribution >= 0.6 is 11.6 Å². The number of hydrogen-bond acceptors (Lipinski definition) is 4. The number of aromatic nitrogens is 5. The molecule has 7 nitrogen and oxygen atoms in total. The molecular weight excluding hydrogens is 412 g/mol. The molecule has 0 saturated carbocycles. The van der Waals surface area contributed by atoms with Gasteiger partial charge in [-0.05, 0) is 51.0 Å². The zero-order valence-electron chi connectivity index (χ0n) is 17.5. The van der Waals surface area contributed by atoms with Gasteiger partial charge in [-0.1, -0.05) is 24.1 Å². The maximum absolute atomic E-state index is 13.4. The summed E-state index contributed by atoms with van der Waals surface area (Å²) in [5.74, 6) is 1.36. The van der Waals surface area contributed by atoms with Crippen LogP contribution in [0.4, 0.5) is 5.82 Å². The molecule has 1 N–H and O–H groups in total. The van der Waals surface area contributed by atoms with E-state index in [4.69, 9.17) is 21.6 Å². The first-order valence-electron chi connectivity index (χ1n) is 10.5. The summed E-state index contributed by atoms with van der Waals surface area (Å²) in [7, 11) is 0. The summed E-state index contributed by atoms with van der Waals surface area (Å²) in [6.07, 6.45) is 4.32. The van der Waals surface area contributed by atoms with Crippen molar-refractivity contribution >= 4 is 34.5 Å². The van der Waals surface area contributed by atoms with E-state index in [2.05, 4.69) is 15.0 Å². The molecule has 5 rings (SSSR count). The Labute approximate surface area is 185 Å². The molecule has 4 heterocycles. The molecule has 0 atom stereocenters. The molecule has 0 saturated heterocycles. The Morgan fingerprint density at radius 1 is 1.06 bits per heavy atom. The van der Waals surface area contributed by atoms with Crippen LogP contribution < -0.4 is 5.32 Å². The first-order chi connectivity index (χ1) is 15.0. The number of hydrogen-bond donors (Lipinski definition) is 1. The summed E-state index contributed by atoms with van der Waals surface area (Å²) in [4.78, 5) is 22.9. The first kappa shape index (κ1) is 19.8. The molecular formula is C23H23ClN6O. The summed E-state index contributed by atoms with van der Waals surface area (Å²) >= 11 is 6.15. The number of imidazole rings is 1. The average molecular weight is 435 g/mol. The van der Waals surface area contributed by atoms with Crippen LogP contribution in [0.15, 0.2) is 36.4 Å². The Bertz CT molecular complexity index is 1310. The Balaban J connectivity index is 1.55. The van der Waals surface area contributed by atoms with Crippen molar-refractivity contribution in [2.24, 2.45) is 0 Å². The molecule has 1 aromatic carbocycles. The minimum atomic E-state index is -0.230. The molecule has 0 aliphatic carbocycles. The van der Waals surface area contributed by atoms with E-state index in [1.54, 1.807) is 16.8 Å². The van der Waals surface area contributed by atoms with E-state index >= 15 is 0 Å². The van der Waals surface area contributed by atoms with Crippen LogP contribution in [0, 0.1) is 13.8 Å². The molecule has 3 aromatic heterocycles. The summed E-state index contributed by atoms with van der Waals surface area (Å²) in [6, 6.07) is 11.0. The molecule has 8 heteroatoms. The van der Waals surface area contributed by atoms with Crippen LogP contribution in [-0.4, -0.2) is 30.2 Å². The van der Waals surface area contributed by atoms with Gasteiger partial charge in [0.25, 0.3) is 5.91 Å². The van der Waals surface area contributed by atoms with Crippen molar-refractivity contribution in [2.45, 2.75) is 46.1 Å². The number of nitrogens with zero attached hydrogens (tertiary/aromatic N) is 5. The van der Waals surface area contributed by atoms with Gasteiger partial charge in [-0.3, -0.25) is 4.79 Å². The van der Waals surface area contributed by atoms with Crippen LogP contribution in [-0.2, 0) is 13.0 Å². The monoisotopic (exact) mass is 434 g/mol. The normalized spacial score (nSPS) is 13.8. The number of amides is 1. The molecule has 158 valence electrons. The van der Waals surface area contributed by atoms with Crippen molar-refractivity contribution in [3.63, 3.8) is 0 Å². The smallest absolute Gasteiger partial charge is 0.259 e. The van der Waals surface area contributed by atoms with Crippen LogP contribution in [0.3, 0.4) is 0 Å². The second-order valence-electron chi connectivity index (χ2n) is 7.99. The molecule has 0 fully saturated rings. The lowest BCUT2D eigenvalue weighted by atomic mass is 10.2. The highest BCUT2D eigenvalue weighted by Gasteiger charge is 2.22. The largest absolute Gasteiger partial charge is 0.313 e. The van der Waals surface area contributed by atoms with Crippen molar-refractivity contribution in [1.82, 2.24) is 24.3 Å². The minimum absolute atomic E-state index is 0.230. The van der Waals surface area contributed by atoms with Gasteiger partial charge in [0.15, 0.2) is 5.65 Å². The topological polar surface area (TPSA) is 77.6 Å². The number of nitrogens with one attached hydrogen (secondary N) is 1. The zero-order chi connectivity index (χ0) is 21.5. The van der Waals surface area contributed by atoms with Gasteiger partial charge >= 0.3 is 0 Å². The standard InChI is InChI=1S/C23H23ClN6O/c1-14-11-18(21-22(25-14)29-10-5-3-4-9-19(29)26-21)23(31)27-20-12-15(2)28-30(20)17-8-6-7-16(24)13-17/h6-8,11-13H,3-5,9-10H2,1-2H3,(H,27,31). The molecule has 31 heavy (non-hydrogen) atoms. The number of carbonyl (C=O) groups excluding carboxylic acids is 1. The van der Waals surface area contributed by atoms with Gasteiger partial charge in [-0.15, -0.1) is 0 Å². The average Bonchev–Trinajstić information content (AvgIpc) is 3.17. The first-order valence-corrected chi connectivity index (χ1v) is 10.9. The van der Waals surface area contributed by atoms with Gasteiger partial charge in [0.1, 0.15) is 17.2 Å². The third-order valence-corrected chi connectivity index (χ3v) is 5.80. The number of rotatable bonds is 3. The zero-order valence-corrected chi connectivity index (χ0v) is 18.3. The number of benzene rings is 1. The highest BCUT2D eigenvalue weighted by atomic mass is 35.5. The van der Waals surface area contributed by atoms with Crippen molar-refractivity contribution in [1.29, 1.82) is 0 Å². The molecule has 0 radical (unpaired) electrons. The van der Waals surface area contributed by atoms with Crippen molar-refractivity contribution in [3.05, 3.63) is 64.2 Å². The molecule has 4 aromatic rings. The van der Waals surface area contributed by atoms with Crippen LogP contribution in [0.5, 0.6) is 0 Å². The third-order valence-electron chi connectivity index (χ3n) is 5.56. The molecule has 1 aliphatic rings. The molecule has 0 spiro atoms. The van der Waals surface area contributed by atoms with E-state index in [1.807, 2.05) is 38.1 Å². The van der Waals surface area contributed by atoms with Gasteiger partial charge in [0.05, 0.1) is 16.9 Å². The maximum atomic E-state index is 13.4. The van der Waals surface area contributed by atoms with E-state index in [0.29, 0.717) is 21.9 Å². The van der Waals surface area contributed by atoms with Crippen molar-refractivity contribution in [3.8, 4) is 5.69 Å². The van der Waals surface area contributed by atoms with E-state index in [-0.39, 0.29) is 5.91 Å². The Hall–Kier alpha value is -3.19. The van der Waals surface area contributed by atoms with E-state index in [9.17, 15) is 4.79 Å². The second kappa shape index (κ2) is 7.81. The Kier molecular flexibility index (Phi) is 4.98. The van der Waals surface area contributed by atoms with Crippen LogP contribution in [0.25, 0.3) is 16.9 Å². The minimum Gasteiger partial charge on any atom is -0.313 e. The van der Waals surface area contributed by atoms with Crippen molar-refractivity contribution < 1.29 is 4.79 Å². The molecule has 0 bridgehead atoms. The Morgan fingerprint density at radius 2 is 1.94 bits per heavy atom. The molecule has 1 amide bonds. The van der Waals surface area contributed by atoms with Gasteiger partial charge in [0, 0.05) is 29.7 Å². The lowest BCUT2D eigenvalue weighted by molar-refractivity contribution is 0.102. The summed E-state index contributed by atoms with van der Waals surface area (Å²) in [5.41, 5.74) is 4.34. The highest BCUT2D eigenvalue weighted by Crippen LogP contribution is 2.26. The number of aryl methyl sites for hydroxylation is 4. The van der Waals surface area contributed by atoms with Crippen LogP contribution in [0.1, 0.15) is 46.8 Å². The van der Waals surface area contributed by atoms with E-state index < -0.39 is 0 Å². The van der Waals surface area contributed by atoms with Gasteiger partial charge in [-0.25, -0.2) is 14.6 Å². The van der Waals surface area contributed by atoms with E-state index in [0.717, 1.165) is 54.4 Å². The fraction of sp³-hybridized carbons (Fsp3) is 0.304. The number of fused-ring (bicyclic) bond motifs is 3. The lowest BCUT2D eigenvalue weighted by Gasteiger charge is -2.10. The lowest BCUT2D eigenvalue weighted by Crippen LogP contribution is -2.16. The second-order valence-corrected chi connectivity index (χ2v) is 8.43. The van der Waals surface area contributed by atoms with Gasteiger partial charge < -0.3 is 9.88 Å². The number of pyridine rings is 1. The predicted octanol–water partition coefficient (Wildman–Crippen LogP) is 4.87. The number of anilines is 1. The number of halogens is 1. The maximum Gasteiger partial charge on any atom is 0.259 e. The fourth-order valence-corrected chi connectivity index (χ4v) is 4.35. The highest BCUT2D eigenvalue weighted by molar-refractivity contribution is 6.30. The summed E-state index contributed by atoms with van der Waals surface area (Å²) in [6.45, 7) is 4.69. The Morgan fingerprint density at radius 3 is 2.77 bits per heavy atom. The summed E-state index contributed by atoms with van der Waals surface area (Å²) < 4.78 is 3.86. The van der Waals surface area contributed by atoms with Gasteiger partial charge in [-0.2, -0.15) is 5.10 Å². The third kappa shape index (κ3) is 3.70. The van der Waals surface area contributed by atoms with E-state index in [1.165, 1.54) is 6.42 Å². The molecule has 1 aliphatic heterocycles. The van der Waals surface area contributed by atoms with Gasteiger partial charge in [0.2, 0.25) is 0 Å². The fourth-order valence-electron chi connectivity index (χ4n) is 4.17. The SMILES string of the molecule is Cc1cc(C(=O)Nc2cc(C)nn2-c2cccc(Cl)c2)c2nc3n(c2n1)CCCCC3. The summed E-state index contributed by atoms with van der Waals surface area (Å²) in [5, 5.41) is 8.15.